The van der Waals surface area contributed by atoms with Crippen LogP contribution in [0.3, 0.4) is 0 Å². The topological polar surface area (TPSA) is 139 Å². The molecule has 20 heavy (non-hydrogen) atoms. The molecule has 0 aliphatic carbocycles. The largest absolute Gasteiger partial charge is 0.368 e. The molecule has 1 aromatic rings. The fourth-order valence-corrected chi connectivity index (χ4v) is 2.12. The molecule has 0 radical (unpaired) electrons. The second-order valence-corrected chi connectivity index (χ2v) is 5.68. The van der Waals surface area contributed by atoms with Crippen molar-refractivity contribution >= 4 is 38.8 Å². The number of nitrogens with two attached hydrogens (primary N) is 2. The first-order chi connectivity index (χ1) is 9.15. The molecule has 0 aromatic heterocycles. The summed E-state index contributed by atoms with van der Waals surface area (Å²) in [6.07, 6.45) is 0. The third-order valence-corrected chi connectivity index (χ3v) is 3.37. The van der Waals surface area contributed by atoms with Crippen LogP contribution in [0.15, 0.2) is 23.1 Å². The monoisotopic (exact) mass is 316 g/mol. The molecule has 0 spiro atoms. The van der Waals surface area contributed by atoms with Crippen LogP contribution in [0.1, 0.15) is 0 Å². The van der Waals surface area contributed by atoms with E-state index >= 15 is 0 Å². The van der Waals surface area contributed by atoms with E-state index in [4.69, 9.17) is 28.4 Å². The SMILES string of the molecule is N#CC(C(N)=O)C(=S)Nc1cc(F)cc(S(N)(=O)=O)c1. The van der Waals surface area contributed by atoms with Crippen molar-refractivity contribution < 1.29 is 17.6 Å². The number of primary amides is 1. The average Bonchev–Trinajstić information content (AvgIpc) is 2.26. The number of carbonyl (C=O) groups excluding carboxylic acids is 1. The number of nitriles is 1. The number of anilines is 1. The smallest absolute Gasteiger partial charge is 0.241 e. The third kappa shape index (κ3) is 3.95. The van der Waals surface area contributed by atoms with Gasteiger partial charge in [0.15, 0.2) is 5.92 Å². The van der Waals surface area contributed by atoms with Crippen LogP contribution in [-0.4, -0.2) is 19.3 Å². The molecular weight excluding hydrogens is 307 g/mol. The van der Waals surface area contributed by atoms with Crippen molar-refractivity contribution in [3.63, 3.8) is 0 Å². The molecule has 1 rings (SSSR count). The number of rotatable bonds is 4. The second-order valence-electron chi connectivity index (χ2n) is 3.67. The number of amides is 1. The van der Waals surface area contributed by atoms with Crippen molar-refractivity contribution in [3.8, 4) is 6.07 Å². The molecule has 1 atom stereocenters. The number of hydrogen-bond acceptors (Lipinski definition) is 5. The van der Waals surface area contributed by atoms with Gasteiger partial charge in [-0.3, -0.25) is 4.79 Å². The first-order valence-electron chi connectivity index (χ1n) is 4.98. The van der Waals surface area contributed by atoms with E-state index in [0.717, 1.165) is 18.2 Å². The lowest BCUT2D eigenvalue weighted by Crippen LogP contribution is -2.32. The summed E-state index contributed by atoms with van der Waals surface area (Å²) >= 11 is 4.78. The van der Waals surface area contributed by atoms with Gasteiger partial charge in [-0.25, -0.2) is 17.9 Å². The lowest BCUT2D eigenvalue weighted by Gasteiger charge is -2.11. The molecular formula is C10H9FN4O3S2. The minimum atomic E-state index is -4.11. The molecule has 1 amide bonds. The zero-order valence-corrected chi connectivity index (χ0v) is 11.5. The molecule has 0 saturated carbocycles. The lowest BCUT2D eigenvalue weighted by molar-refractivity contribution is -0.118. The van der Waals surface area contributed by atoms with Gasteiger partial charge in [0.25, 0.3) is 0 Å². The lowest BCUT2D eigenvalue weighted by atomic mass is 10.1. The highest BCUT2D eigenvalue weighted by Gasteiger charge is 2.21. The van der Waals surface area contributed by atoms with Crippen LogP contribution < -0.4 is 16.2 Å². The van der Waals surface area contributed by atoms with Crippen molar-refractivity contribution in [1.29, 1.82) is 5.26 Å². The number of hydrogen-bond donors (Lipinski definition) is 3. The van der Waals surface area contributed by atoms with Crippen molar-refractivity contribution in [2.45, 2.75) is 4.90 Å². The van der Waals surface area contributed by atoms with Crippen molar-refractivity contribution in [2.24, 2.45) is 16.8 Å². The Kier molecular flexibility index (Phi) is 4.72. The molecule has 1 unspecified atom stereocenters. The van der Waals surface area contributed by atoms with Crippen LogP contribution in [0.4, 0.5) is 10.1 Å². The standard InChI is InChI=1S/C10H9FN4O3S2/c11-5-1-6(3-7(2-5)20(14,17)18)15-10(19)8(4-12)9(13)16/h1-3,8H,(H2,13,16)(H,15,19)(H2,14,17,18). The van der Waals surface area contributed by atoms with Gasteiger partial charge in [0, 0.05) is 5.69 Å². The van der Waals surface area contributed by atoms with Gasteiger partial charge in [-0.2, -0.15) is 5.26 Å². The minimum absolute atomic E-state index is 0.0690. The van der Waals surface area contributed by atoms with Crippen molar-refractivity contribution in [1.82, 2.24) is 0 Å². The van der Waals surface area contributed by atoms with E-state index < -0.39 is 32.6 Å². The van der Waals surface area contributed by atoms with Gasteiger partial charge in [-0.1, -0.05) is 12.2 Å². The first kappa shape index (κ1) is 16.0. The number of carbonyl (C=O) groups is 1. The van der Waals surface area contributed by atoms with Crippen LogP contribution in [0.2, 0.25) is 0 Å². The summed E-state index contributed by atoms with van der Waals surface area (Å²) in [6, 6.07) is 4.23. The first-order valence-corrected chi connectivity index (χ1v) is 6.94. The number of benzene rings is 1. The fourth-order valence-electron chi connectivity index (χ4n) is 1.27. The number of nitrogens with zero attached hydrogens (tertiary/aromatic N) is 1. The Hall–Kier alpha value is -2.09. The van der Waals surface area contributed by atoms with E-state index in [1.54, 1.807) is 6.07 Å². The molecule has 0 aliphatic rings. The second kappa shape index (κ2) is 5.91. The van der Waals surface area contributed by atoms with Gasteiger partial charge in [0.05, 0.1) is 11.0 Å². The van der Waals surface area contributed by atoms with Crippen LogP contribution in [0.5, 0.6) is 0 Å². The molecule has 1 aromatic carbocycles. The summed E-state index contributed by atoms with van der Waals surface area (Å²) < 4.78 is 35.6. The van der Waals surface area contributed by atoms with E-state index in [0.29, 0.717) is 0 Å². The third-order valence-electron chi connectivity index (χ3n) is 2.14. The van der Waals surface area contributed by atoms with Gasteiger partial charge in [0.1, 0.15) is 10.8 Å². The fraction of sp³-hybridized carbons (Fsp3) is 0.100. The quantitative estimate of drug-likeness (QED) is 0.659. The number of nitrogens with one attached hydrogen (secondary N) is 1. The summed E-state index contributed by atoms with van der Waals surface area (Å²) in [5.41, 5.74) is 4.88. The predicted octanol–water partition coefficient (Wildman–Crippen LogP) is -0.163. The minimum Gasteiger partial charge on any atom is -0.368 e. The van der Waals surface area contributed by atoms with E-state index in [-0.39, 0.29) is 10.7 Å². The number of thiocarbonyl (C=S) groups is 1. The molecule has 0 bridgehead atoms. The van der Waals surface area contributed by atoms with Crippen LogP contribution in [0, 0.1) is 23.1 Å². The normalized spacial score (nSPS) is 12.2. The molecule has 0 saturated heterocycles. The van der Waals surface area contributed by atoms with Crippen LogP contribution >= 0.6 is 12.2 Å². The number of primary sulfonamides is 1. The Morgan fingerprint density at radius 1 is 1.45 bits per heavy atom. The van der Waals surface area contributed by atoms with E-state index in [1.807, 2.05) is 0 Å². The van der Waals surface area contributed by atoms with Crippen LogP contribution in [-0.2, 0) is 14.8 Å². The van der Waals surface area contributed by atoms with E-state index in [9.17, 15) is 17.6 Å². The molecule has 0 heterocycles. The number of sulfonamides is 1. The number of halogens is 1. The van der Waals surface area contributed by atoms with Gasteiger partial charge >= 0.3 is 0 Å². The summed E-state index contributed by atoms with van der Waals surface area (Å²) in [5, 5.41) is 16.0. The highest BCUT2D eigenvalue weighted by molar-refractivity contribution is 7.89. The van der Waals surface area contributed by atoms with Gasteiger partial charge in [0.2, 0.25) is 15.9 Å². The highest BCUT2D eigenvalue weighted by atomic mass is 32.2. The Balaban J connectivity index is 3.11. The molecule has 0 aliphatic heterocycles. The van der Waals surface area contributed by atoms with Crippen LogP contribution in [0.25, 0.3) is 0 Å². The zero-order chi connectivity index (χ0) is 15.5. The van der Waals surface area contributed by atoms with Gasteiger partial charge < -0.3 is 11.1 Å². The maximum Gasteiger partial charge on any atom is 0.241 e. The Morgan fingerprint density at radius 3 is 2.50 bits per heavy atom. The van der Waals surface area contributed by atoms with Crippen molar-refractivity contribution in [3.05, 3.63) is 24.0 Å². The maximum atomic E-state index is 13.3. The predicted molar refractivity (Wildman–Crippen MR) is 72.3 cm³/mol. The summed E-state index contributed by atoms with van der Waals surface area (Å²) in [7, 11) is -4.11. The zero-order valence-electron chi connectivity index (χ0n) is 9.83. The van der Waals surface area contributed by atoms with Gasteiger partial charge in [-0.15, -0.1) is 0 Å². The Bertz CT molecular complexity index is 712. The van der Waals surface area contributed by atoms with E-state index in [1.165, 1.54) is 0 Å². The molecule has 5 N–H and O–H groups in total. The molecule has 106 valence electrons. The van der Waals surface area contributed by atoms with Crippen molar-refractivity contribution in [2.75, 3.05) is 5.32 Å². The summed E-state index contributed by atoms with van der Waals surface area (Å²) in [5.74, 6) is -3.27. The molecule has 10 heteroatoms. The molecule has 0 fully saturated rings. The Morgan fingerprint density at radius 2 is 2.05 bits per heavy atom. The molecule has 7 nitrogen and oxygen atoms in total. The highest BCUT2D eigenvalue weighted by Crippen LogP contribution is 2.18. The summed E-state index contributed by atoms with van der Waals surface area (Å²) in [4.78, 5) is 10.2. The average molecular weight is 316 g/mol. The maximum absolute atomic E-state index is 13.3. The summed E-state index contributed by atoms with van der Waals surface area (Å²) in [6.45, 7) is 0. The van der Waals surface area contributed by atoms with Gasteiger partial charge in [-0.05, 0) is 18.2 Å². The van der Waals surface area contributed by atoms with E-state index in [2.05, 4.69) is 5.32 Å². The Labute approximate surface area is 119 Å².